The fraction of sp³-hybridized carbons (Fsp3) is 0.0625. The average molecular weight is 350 g/mol. The Labute approximate surface area is 130 Å². The molecule has 0 aliphatic carbocycles. The van der Waals surface area contributed by atoms with E-state index in [1.54, 1.807) is 12.1 Å². The number of carbonyl (C=O) groups is 1. The van der Waals surface area contributed by atoms with Crippen LogP contribution in [0.25, 0.3) is 6.08 Å². The molecule has 0 saturated carbocycles. The Hall–Kier alpha value is -1.98. The molecule has 1 amide bonds. The SMILES string of the molecule is O=C(C=Cc1cc(Br)ccc1F)NOCc1ccccc1. The number of hydrogen-bond donors (Lipinski definition) is 1. The Bertz CT molecular complexity index is 644. The normalized spacial score (nSPS) is 10.8. The minimum Gasteiger partial charge on any atom is -0.269 e. The first-order valence-corrected chi connectivity index (χ1v) is 7.03. The molecule has 0 unspecified atom stereocenters. The Morgan fingerprint density at radius 3 is 2.76 bits per heavy atom. The van der Waals surface area contributed by atoms with Crippen molar-refractivity contribution in [3.8, 4) is 0 Å². The van der Waals surface area contributed by atoms with Gasteiger partial charge in [-0.25, -0.2) is 9.87 Å². The third-order valence-electron chi connectivity index (χ3n) is 2.63. The summed E-state index contributed by atoms with van der Waals surface area (Å²) in [5.74, 6) is -0.849. The van der Waals surface area contributed by atoms with Crippen molar-refractivity contribution < 1.29 is 14.0 Å². The standard InChI is InChI=1S/C16H13BrFNO2/c17-14-7-8-15(18)13(10-14)6-9-16(20)19-21-11-12-4-2-1-3-5-12/h1-10H,11H2,(H,19,20). The third kappa shape index (κ3) is 5.13. The maximum absolute atomic E-state index is 13.5. The zero-order valence-electron chi connectivity index (χ0n) is 11.1. The highest BCUT2D eigenvalue weighted by Gasteiger charge is 2.01. The van der Waals surface area contributed by atoms with Gasteiger partial charge >= 0.3 is 0 Å². The van der Waals surface area contributed by atoms with E-state index in [4.69, 9.17) is 4.84 Å². The number of benzene rings is 2. The van der Waals surface area contributed by atoms with Crippen LogP contribution in [0.3, 0.4) is 0 Å². The maximum atomic E-state index is 13.5. The van der Waals surface area contributed by atoms with E-state index in [0.29, 0.717) is 5.56 Å². The topological polar surface area (TPSA) is 38.3 Å². The molecule has 0 aliphatic rings. The van der Waals surface area contributed by atoms with Gasteiger partial charge in [-0.3, -0.25) is 9.63 Å². The lowest BCUT2D eigenvalue weighted by Gasteiger charge is -2.03. The number of carbonyl (C=O) groups excluding carboxylic acids is 1. The van der Waals surface area contributed by atoms with E-state index in [2.05, 4.69) is 21.4 Å². The molecule has 3 nitrogen and oxygen atoms in total. The molecule has 0 aliphatic heterocycles. The predicted octanol–water partition coefficient (Wildman–Crippen LogP) is 3.85. The Morgan fingerprint density at radius 2 is 2.00 bits per heavy atom. The molecule has 0 saturated heterocycles. The van der Waals surface area contributed by atoms with Crippen LogP contribution in [0.2, 0.25) is 0 Å². The van der Waals surface area contributed by atoms with Gasteiger partial charge in [0.2, 0.25) is 0 Å². The van der Waals surface area contributed by atoms with Gasteiger partial charge in [0.15, 0.2) is 0 Å². The van der Waals surface area contributed by atoms with Crippen LogP contribution in [0.4, 0.5) is 4.39 Å². The zero-order chi connectivity index (χ0) is 15.1. The van der Waals surface area contributed by atoms with Crippen molar-refractivity contribution >= 4 is 27.9 Å². The van der Waals surface area contributed by atoms with Gasteiger partial charge in [0.05, 0.1) is 6.61 Å². The molecule has 2 rings (SSSR count). The molecule has 108 valence electrons. The summed E-state index contributed by atoms with van der Waals surface area (Å²) in [5.41, 5.74) is 3.54. The molecule has 0 aromatic heterocycles. The van der Waals surface area contributed by atoms with Crippen LogP contribution in [-0.4, -0.2) is 5.91 Å². The highest BCUT2D eigenvalue weighted by Crippen LogP contribution is 2.16. The van der Waals surface area contributed by atoms with E-state index in [-0.39, 0.29) is 6.61 Å². The van der Waals surface area contributed by atoms with Gasteiger partial charge in [0.1, 0.15) is 5.82 Å². The summed E-state index contributed by atoms with van der Waals surface area (Å²) in [7, 11) is 0. The lowest BCUT2D eigenvalue weighted by atomic mass is 10.2. The molecule has 2 aromatic rings. The number of hydrogen-bond acceptors (Lipinski definition) is 2. The molecule has 0 spiro atoms. The number of nitrogens with one attached hydrogen (secondary N) is 1. The maximum Gasteiger partial charge on any atom is 0.267 e. The molecule has 2 aromatic carbocycles. The molecule has 0 atom stereocenters. The highest BCUT2D eigenvalue weighted by molar-refractivity contribution is 9.10. The first-order valence-electron chi connectivity index (χ1n) is 6.24. The predicted molar refractivity (Wildman–Crippen MR) is 82.5 cm³/mol. The second kappa shape index (κ2) is 7.71. The van der Waals surface area contributed by atoms with Crippen molar-refractivity contribution in [2.24, 2.45) is 0 Å². The van der Waals surface area contributed by atoms with Gasteiger partial charge in [-0.05, 0) is 29.8 Å². The molecule has 0 fully saturated rings. The van der Waals surface area contributed by atoms with Crippen LogP contribution in [-0.2, 0) is 16.2 Å². The third-order valence-corrected chi connectivity index (χ3v) is 3.12. The van der Waals surface area contributed by atoms with Gasteiger partial charge in [0.25, 0.3) is 5.91 Å². The fourth-order valence-electron chi connectivity index (χ4n) is 1.61. The van der Waals surface area contributed by atoms with Crippen molar-refractivity contribution in [1.82, 2.24) is 5.48 Å². The van der Waals surface area contributed by atoms with Crippen LogP contribution in [0.5, 0.6) is 0 Å². The van der Waals surface area contributed by atoms with E-state index < -0.39 is 11.7 Å². The summed E-state index contributed by atoms with van der Waals surface area (Å²) < 4.78 is 14.2. The van der Waals surface area contributed by atoms with Crippen molar-refractivity contribution in [3.63, 3.8) is 0 Å². The van der Waals surface area contributed by atoms with E-state index in [0.717, 1.165) is 10.0 Å². The van der Waals surface area contributed by atoms with E-state index in [1.165, 1.54) is 18.2 Å². The average Bonchev–Trinajstić information content (AvgIpc) is 2.49. The molecule has 0 bridgehead atoms. The molecule has 0 radical (unpaired) electrons. The van der Waals surface area contributed by atoms with E-state index in [1.807, 2.05) is 30.3 Å². The van der Waals surface area contributed by atoms with E-state index >= 15 is 0 Å². The molecule has 5 heteroatoms. The number of halogens is 2. The van der Waals surface area contributed by atoms with Crippen LogP contribution in [0.1, 0.15) is 11.1 Å². The van der Waals surface area contributed by atoms with Crippen LogP contribution in [0.15, 0.2) is 59.1 Å². The molecule has 1 N–H and O–H groups in total. The van der Waals surface area contributed by atoms with Gasteiger partial charge in [-0.15, -0.1) is 0 Å². The first kappa shape index (κ1) is 15.4. The lowest BCUT2D eigenvalue weighted by Crippen LogP contribution is -2.21. The van der Waals surface area contributed by atoms with E-state index in [9.17, 15) is 9.18 Å². The molecule has 0 heterocycles. The summed E-state index contributed by atoms with van der Waals surface area (Å²) >= 11 is 3.25. The van der Waals surface area contributed by atoms with Crippen LogP contribution < -0.4 is 5.48 Å². The van der Waals surface area contributed by atoms with Gasteiger partial charge < -0.3 is 0 Å². The van der Waals surface area contributed by atoms with Crippen molar-refractivity contribution in [1.29, 1.82) is 0 Å². The summed E-state index contributed by atoms with van der Waals surface area (Å²) in [4.78, 5) is 16.6. The second-order valence-corrected chi connectivity index (χ2v) is 5.16. The number of amides is 1. The largest absolute Gasteiger partial charge is 0.269 e. The van der Waals surface area contributed by atoms with Crippen molar-refractivity contribution in [2.45, 2.75) is 6.61 Å². The van der Waals surface area contributed by atoms with Gasteiger partial charge in [-0.1, -0.05) is 46.3 Å². The second-order valence-electron chi connectivity index (χ2n) is 4.24. The number of hydroxylamine groups is 1. The monoisotopic (exact) mass is 349 g/mol. The summed E-state index contributed by atoms with van der Waals surface area (Å²) in [5, 5.41) is 0. The minimum absolute atomic E-state index is 0.270. The summed E-state index contributed by atoms with van der Waals surface area (Å²) in [6.45, 7) is 0.270. The smallest absolute Gasteiger partial charge is 0.267 e. The lowest BCUT2D eigenvalue weighted by molar-refractivity contribution is -0.129. The highest BCUT2D eigenvalue weighted by atomic mass is 79.9. The molecule has 21 heavy (non-hydrogen) atoms. The number of rotatable bonds is 5. The van der Waals surface area contributed by atoms with Crippen molar-refractivity contribution in [3.05, 3.63) is 76.0 Å². The summed E-state index contributed by atoms with van der Waals surface area (Å²) in [6.07, 6.45) is 2.61. The Morgan fingerprint density at radius 1 is 1.24 bits per heavy atom. The fourth-order valence-corrected chi connectivity index (χ4v) is 1.99. The van der Waals surface area contributed by atoms with Crippen LogP contribution in [0, 0.1) is 5.82 Å². The van der Waals surface area contributed by atoms with Gasteiger partial charge in [-0.2, -0.15) is 0 Å². The summed E-state index contributed by atoms with van der Waals surface area (Å²) in [6, 6.07) is 14.0. The molecular weight excluding hydrogens is 337 g/mol. The van der Waals surface area contributed by atoms with Crippen molar-refractivity contribution in [2.75, 3.05) is 0 Å². The Balaban J connectivity index is 1.84. The minimum atomic E-state index is -0.453. The first-order chi connectivity index (χ1) is 10.1. The zero-order valence-corrected chi connectivity index (χ0v) is 12.6. The Kier molecular flexibility index (Phi) is 5.66. The quantitative estimate of drug-likeness (QED) is 0.657. The van der Waals surface area contributed by atoms with Gasteiger partial charge in [0, 0.05) is 16.1 Å². The van der Waals surface area contributed by atoms with Crippen LogP contribution >= 0.6 is 15.9 Å². The molecular formula is C16H13BrFNO2.